The first-order chi connectivity index (χ1) is 10.7. The molecule has 0 aliphatic heterocycles. The van der Waals surface area contributed by atoms with Gasteiger partial charge in [0.15, 0.2) is 0 Å². The number of carbonyl (C=O) groups is 2. The van der Waals surface area contributed by atoms with E-state index in [4.69, 9.17) is 21.5 Å². The maximum absolute atomic E-state index is 12.2. The van der Waals surface area contributed by atoms with Crippen molar-refractivity contribution in [2.24, 2.45) is 0 Å². The smallest absolute Gasteiger partial charge is 0.300 e. The fourth-order valence-electron chi connectivity index (χ4n) is 1.47. The lowest BCUT2D eigenvalue weighted by atomic mass is 10.2. The summed E-state index contributed by atoms with van der Waals surface area (Å²) in [6.45, 7) is 1.08. The fraction of sp³-hybridized carbons (Fsp3) is 0.0667. The topological polar surface area (TPSA) is 66.4 Å². The highest BCUT2D eigenvalue weighted by Gasteiger charge is 2.13. The molecule has 0 aromatic heterocycles. The van der Waals surface area contributed by atoms with Gasteiger partial charge in [-0.1, -0.05) is 27.5 Å². The second kappa shape index (κ2) is 9.32. The maximum Gasteiger partial charge on any atom is 0.300 e. The van der Waals surface area contributed by atoms with Crippen LogP contribution in [0.3, 0.4) is 0 Å². The van der Waals surface area contributed by atoms with E-state index in [1.54, 1.807) is 24.3 Å². The predicted molar refractivity (Wildman–Crippen MR) is 102 cm³/mol. The number of benzene rings is 2. The zero-order valence-corrected chi connectivity index (χ0v) is 16.6. The number of halogens is 3. The van der Waals surface area contributed by atoms with Gasteiger partial charge in [-0.15, -0.1) is 12.6 Å². The highest BCUT2D eigenvalue weighted by atomic mass is 79.9. The zero-order valence-electron chi connectivity index (χ0n) is 11.8. The lowest BCUT2D eigenvalue weighted by Crippen LogP contribution is -2.12. The summed E-state index contributed by atoms with van der Waals surface area (Å²) in [5.41, 5.74) is 1.13. The molecule has 0 fully saturated rings. The van der Waals surface area contributed by atoms with Gasteiger partial charge in [-0.05, 0) is 52.3 Å². The van der Waals surface area contributed by atoms with Crippen LogP contribution in [0, 0.1) is 0 Å². The second-order valence-electron chi connectivity index (χ2n) is 4.26. The number of hydrogen-bond acceptors (Lipinski definition) is 3. The van der Waals surface area contributed by atoms with Gasteiger partial charge >= 0.3 is 0 Å². The molecule has 0 saturated carbocycles. The summed E-state index contributed by atoms with van der Waals surface area (Å²) >= 11 is 16.9. The summed E-state index contributed by atoms with van der Waals surface area (Å²) in [5, 5.41) is 10.7. The molecule has 122 valence electrons. The Morgan fingerprint density at radius 3 is 2.22 bits per heavy atom. The number of carboxylic acid groups (broad SMARTS) is 1. The standard InChI is InChI=1S/C13H8Br2ClNOS.C2H4O2/c14-7-1-3-9(4-2-7)17-13(18)10-5-8(16)6-11(15)12(10)19;1-2(3)4/h1-6,19H,(H,17,18);1H3,(H,3,4). The van der Waals surface area contributed by atoms with E-state index in [2.05, 4.69) is 49.8 Å². The van der Waals surface area contributed by atoms with Gasteiger partial charge in [-0.2, -0.15) is 0 Å². The normalized spacial score (nSPS) is 9.61. The van der Waals surface area contributed by atoms with Crippen molar-refractivity contribution < 1.29 is 14.7 Å². The fourth-order valence-corrected chi connectivity index (χ4v) is 2.78. The van der Waals surface area contributed by atoms with Crippen molar-refractivity contribution in [3.05, 3.63) is 55.9 Å². The Morgan fingerprint density at radius 1 is 1.17 bits per heavy atom. The quantitative estimate of drug-likeness (QED) is 0.497. The molecule has 2 N–H and O–H groups in total. The number of thiol groups is 1. The van der Waals surface area contributed by atoms with Gasteiger partial charge in [-0.3, -0.25) is 9.59 Å². The van der Waals surface area contributed by atoms with Crippen molar-refractivity contribution in [3.63, 3.8) is 0 Å². The number of carboxylic acids is 1. The molecule has 4 nitrogen and oxygen atoms in total. The van der Waals surface area contributed by atoms with Crippen LogP contribution in [0.1, 0.15) is 17.3 Å². The third-order valence-corrected chi connectivity index (χ3v) is 4.54. The van der Waals surface area contributed by atoms with E-state index in [1.807, 2.05) is 12.1 Å². The second-order valence-corrected chi connectivity index (χ2v) is 6.92. The number of rotatable bonds is 2. The molecule has 2 rings (SSSR count). The minimum Gasteiger partial charge on any atom is -0.481 e. The van der Waals surface area contributed by atoms with Crippen LogP contribution in [0.4, 0.5) is 5.69 Å². The lowest BCUT2D eigenvalue weighted by Gasteiger charge is -2.09. The summed E-state index contributed by atoms with van der Waals surface area (Å²) < 4.78 is 1.63. The molecular formula is C15H12Br2ClNO3S. The Bertz CT molecular complexity index is 719. The summed E-state index contributed by atoms with van der Waals surface area (Å²) in [5.74, 6) is -1.09. The van der Waals surface area contributed by atoms with Crippen LogP contribution in [0.2, 0.25) is 5.02 Å². The third-order valence-electron chi connectivity index (χ3n) is 2.37. The van der Waals surface area contributed by atoms with Gasteiger partial charge in [0.2, 0.25) is 0 Å². The first kappa shape index (κ1) is 20.0. The van der Waals surface area contributed by atoms with Crippen molar-refractivity contribution >= 4 is 73.7 Å². The molecular weight excluding hydrogens is 469 g/mol. The number of hydrogen-bond donors (Lipinski definition) is 3. The van der Waals surface area contributed by atoms with Gasteiger partial charge in [0.1, 0.15) is 0 Å². The average molecular weight is 482 g/mol. The monoisotopic (exact) mass is 479 g/mol. The van der Waals surface area contributed by atoms with Crippen molar-refractivity contribution in [1.29, 1.82) is 0 Å². The molecule has 0 aliphatic rings. The first-order valence-corrected chi connectivity index (χ1v) is 8.56. The van der Waals surface area contributed by atoms with E-state index >= 15 is 0 Å². The molecule has 0 unspecified atom stereocenters. The van der Waals surface area contributed by atoms with E-state index in [1.165, 1.54) is 0 Å². The van der Waals surface area contributed by atoms with Gasteiger partial charge < -0.3 is 10.4 Å². The summed E-state index contributed by atoms with van der Waals surface area (Å²) in [7, 11) is 0. The van der Waals surface area contributed by atoms with Crippen molar-refractivity contribution in [2.75, 3.05) is 5.32 Å². The van der Waals surface area contributed by atoms with Crippen molar-refractivity contribution in [2.45, 2.75) is 11.8 Å². The van der Waals surface area contributed by atoms with Crippen LogP contribution in [-0.2, 0) is 4.79 Å². The Hall–Kier alpha value is -1.02. The molecule has 0 heterocycles. The average Bonchev–Trinajstić information content (AvgIpc) is 2.44. The molecule has 0 saturated heterocycles. The minimum absolute atomic E-state index is 0.254. The first-order valence-electron chi connectivity index (χ1n) is 6.15. The highest BCUT2D eigenvalue weighted by Crippen LogP contribution is 2.29. The minimum atomic E-state index is -0.833. The summed E-state index contributed by atoms with van der Waals surface area (Å²) in [6.07, 6.45) is 0. The van der Waals surface area contributed by atoms with Crippen LogP contribution in [0.25, 0.3) is 0 Å². The molecule has 0 bridgehead atoms. The van der Waals surface area contributed by atoms with Gasteiger partial charge in [0.05, 0.1) is 5.56 Å². The van der Waals surface area contributed by atoms with Crippen LogP contribution >= 0.6 is 56.1 Å². The molecule has 8 heteroatoms. The Kier molecular flexibility index (Phi) is 8.11. The van der Waals surface area contributed by atoms with Crippen LogP contribution in [0.5, 0.6) is 0 Å². The zero-order chi connectivity index (χ0) is 17.6. The maximum atomic E-state index is 12.2. The molecule has 0 spiro atoms. The van der Waals surface area contributed by atoms with E-state index in [0.29, 0.717) is 25.6 Å². The SMILES string of the molecule is CC(=O)O.O=C(Nc1ccc(Br)cc1)c1cc(Cl)cc(Br)c1S. The number of amides is 1. The molecule has 0 atom stereocenters. The molecule has 2 aromatic carbocycles. The van der Waals surface area contributed by atoms with Gasteiger partial charge in [0, 0.05) is 31.5 Å². The number of nitrogens with one attached hydrogen (secondary N) is 1. The van der Waals surface area contributed by atoms with Crippen LogP contribution in [0.15, 0.2) is 50.2 Å². The Morgan fingerprint density at radius 2 is 1.70 bits per heavy atom. The lowest BCUT2D eigenvalue weighted by molar-refractivity contribution is -0.134. The summed E-state index contributed by atoms with van der Waals surface area (Å²) in [4.78, 5) is 21.7. The molecule has 0 aliphatic carbocycles. The van der Waals surface area contributed by atoms with E-state index in [-0.39, 0.29) is 5.91 Å². The molecule has 1 amide bonds. The van der Waals surface area contributed by atoms with Gasteiger partial charge in [0.25, 0.3) is 11.9 Å². The molecule has 23 heavy (non-hydrogen) atoms. The largest absolute Gasteiger partial charge is 0.481 e. The van der Waals surface area contributed by atoms with Gasteiger partial charge in [-0.25, -0.2) is 0 Å². The van der Waals surface area contributed by atoms with Crippen molar-refractivity contribution in [1.82, 2.24) is 0 Å². The molecule has 0 radical (unpaired) electrons. The highest BCUT2D eigenvalue weighted by molar-refractivity contribution is 9.10. The summed E-state index contributed by atoms with van der Waals surface area (Å²) in [6, 6.07) is 10.6. The predicted octanol–water partition coefficient (Wildman–Crippen LogP) is 5.50. The third kappa shape index (κ3) is 6.95. The van der Waals surface area contributed by atoms with E-state index in [0.717, 1.165) is 11.4 Å². The number of anilines is 1. The van der Waals surface area contributed by atoms with E-state index in [9.17, 15) is 4.79 Å². The van der Waals surface area contributed by atoms with E-state index < -0.39 is 5.97 Å². The Labute approximate surface area is 160 Å². The van der Waals surface area contributed by atoms with Crippen LogP contribution < -0.4 is 5.32 Å². The number of aliphatic carboxylic acids is 1. The molecule has 2 aromatic rings. The van der Waals surface area contributed by atoms with Crippen LogP contribution in [-0.4, -0.2) is 17.0 Å². The Balaban J connectivity index is 0.000000593. The van der Waals surface area contributed by atoms with Crippen molar-refractivity contribution in [3.8, 4) is 0 Å². The number of carbonyl (C=O) groups excluding carboxylic acids is 1.